The van der Waals surface area contributed by atoms with Crippen molar-refractivity contribution in [2.75, 3.05) is 14.2 Å². The Balaban J connectivity index is 1.89. The molecule has 4 aromatic rings. The van der Waals surface area contributed by atoms with Crippen LogP contribution in [0.5, 0.6) is 11.5 Å². The summed E-state index contributed by atoms with van der Waals surface area (Å²) in [5, 5.41) is 6.55. The lowest BCUT2D eigenvalue weighted by molar-refractivity contribution is 0.394. The molecule has 0 aliphatic heterocycles. The Morgan fingerprint density at radius 2 is 1.65 bits per heavy atom. The van der Waals surface area contributed by atoms with Crippen molar-refractivity contribution in [2.45, 2.75) is 0 Å². The van der Waals surface area contributed by atoms with Gasteiger partial charge in [-0.05, 0) is 23.8 Å². The molecule has 0 fully saturated rings. The van der Waals surface area contributed by atoms with Crippen LogP contribution in [-0.4, -0.2) is 29.0 Å². The van der Waals surface area contributed by atoms with E-state index in [9.17, 15) is 9.18 Å². The van der Waals surface area contributed by atoms with Gasteiger partial charge in [-0.3, -0.25) is 0 Å². The summed E-state index contributed by atoms with van der Waals surface area (Å²) >= 11 is 0. The normalized spacial score (nSPS) is 11.1. The van der Waals surface area contributed by atoms with Crippen LogP contribution in [0.2, 0.25) is 0 Å². The van der Waals surface area contributed by atoms with E-state index in [4.69, 9.17) is 9.47 Å². The number of nitrogens with one attached hydrogen (secondary N) is 1. The molecular formula is C24H20FN3O3. The number of aromatic amines is 1. The van der Waals surface area contributed by atoms with Crippen molar-refractivity contribution in [3.05, 3.63) is 94.2 Å². The highest BCUT2D eigenvalue weighted by atomic mass is 19.1. The molecule has 31 heavy (non-hydrogen) atoms. The summed E-state index contributed by atoms with van der Waals surface area (Å²) in [7, 11) is 3.08. The molecule has 0 aliphatic rings. The molecular weight excluding hydrogens is 397 g/mol. The van der Waals surface area contributed by atoms with Crippen LogP contribution in [0.15, 0.2) is 71.5 Å². The lowest BCUT2D eigenvalue weighted by Crippen LogP contribution is -2.17. The summed E-state index contributed by atoms with van der Waals surface area (Å²) in [6.07, 6.45) is 3.85. The molecule has 0 atom stereocenters. The summed E-state index contributed by atoms with van der Waals surface area (Å²) in [4.78, 5) is 12.5. The third-order valence-corrected chi connectivity index (χ3v) is 4.81. The molecule has 0 radical (unpaired) electrons. The minimum Gasteiger partial charge on any atom is -0.496 e. The van der Waals surface area contributed by atoms with E-state index in [1.54, 1.807) is 31.4 Å². The molecule has 1 N–H and O–H groups in total. The maximum Gasteiger partial charge on any atom is 0.348 e. The third kappa shape index (κ3) is 3.98. The van der Waals surface area contributed by atoms with E-state index < -0.39 is 11.5 Å². The van der Waals surface area contributed by atoms with Crippen LogP contribution in [0.1, 0.15) is 11.1 Å². The van der Waals surface area contributed by atoms with Crippen LogP contribution < -0.4 is 15.2 Å². The summed E-state index contributed by atoms with van der Waals surface area (Å²) in [5.41, 5.74) is 1.81. The van der Waals surface area contributed by atoms with Crippen molar-refractivity contribution in [1.82, 2.24) is 14.8 Å². The zero-order chi connectivity index (χ0) is 21.8. The van der Waals surface area contributed by atoms with Gasteiger partial charge in [0.15, 0.2) is 5.82 Å². The van der Waals surface area contributed by atoms with Crippen molar-refractivity contribution in [3.8, 4) is 28.6 Å². The van der Waals surface area contributed by atoms with Crippen molar-refractivity contribution < 1.29 is 13.9 Å². The number of ether oxygens (including phenoxy) is 2. The maximum atomic E-state index is 14.5. The lowest BCUT2D eigenvalue weighted by Gasteiger charge is -2.14. The monoisotopic (exact) mass is 417 g/mol. The molecule has 7 heteroatoms. The molecule has 156 valence electrons. The van der Waals surface area contributed by atoms with Gasteiger partial charge in [0, 0.05) is 11.6 Å². The first-order valence-corrected chi connectivity index (χ1v) is 9.54. The number of benzene rings is 3. The SMILES string of the molecule is COc1cc(OC)c(-c2n[nH]c(=O)n2-c2ccccc2F)cc1C=Cc1ccccc1. The largest absolute Gasteiger partial charge is 0.496 e. The van der Waals surface area contributed by atoms with Crippen molar-refractivity contribution in [2.24, 2.45) is 0 Å². The first-order valence-electron chi connectivity index (χ1n) is 9.54. The number of nitrogens with zero attached hydrogens (tertiary/aromatic N) is 2. The van der Waals surface area contributed by atoms with Crippen molar-refractivity contribution >= 4 is 12.2 Å². The number of halogens is 1. The highest BCUT2D eigenvalue weighted by molar-refractivity contribution is 5.78. The molecule has 0 bridgehead atoms. The predicted molar refractivity (Wildman–Crippen MR) is 118 cm³/mol. The molecule has 0 aliphatic carbocycles. The van der Waals surface area contributed by atoms with E-state index in [1.807, 2.05) is 42.5 Å². The molecule has 0 unspecified atom stereocenters. The Kier molecular flexibility index (Phi) is 5.66. The average Bonchev–Trinajstić information content (AvgIpc) is 3.19. The average molecular weight is 417 g/mol. The fourth-order valence-corrected chi connectivity index (χ4v) is 3.31. The summed E-state index contributed by atoms with van der Waals surface area (Å²) in [6.45, 7) is 0. The molecule has 3 aromatic carbocycles. The highest BCUT2D eigenvalue weighted by Crippen LogP contribution is 2.36. The van der Waals surface area contributed by atoms with Gasteiger partial charge < -0.3 is 9.47 Å². The maximum absolute atomic E-state index is 14.5. The van der Waals surface area contributed by atoms with E-state index >= 15 is 0 Å². The Labute approximate surface area is 178 Å². The summed E-state index contributed by atoms with van der Waals surface area (Å²) in [6, 6.07) is 19.3. The Morgan fingerprint density at radius 1 is 0.935 bits per heavy atom. The number of hydrogen-bond acceptors (Lipinski definition) is 4. The zero-order valence-corrected chi connectivity index (χ0v) is 17.0. The second kappa shape index (κ2) is 8.71. The smallest absolute Gasteiger partial charge is 0.348 e. The standard InChI is InChI=1S/C24H20FN3O3/c1-30-21-15-22(31-2)18(14-17(21)13-12-16-8-4-3-5-9-16)23-26-27-24(29)28(23)20-11-7-6-10-19(20)25/h3-15H,1-2H3,(H,27,29). The minimum atomic E-state index is -0.556. The van der Waals surface area contributed by atoms with Gasteiger partial charge in [0.2, 0.25) is 0 Å². The lowest BCUT2D eigenvalue weighted by atomic mass is 10.1. The van der Waals surface area contributed by atoms with Gasteiger partial charge in [0.25, 0.3) is 0 Å². The number of rotatable bonds is 6. The van der Waals surface area contributed by atoms with Gasteiger partial charge in [-0.25, -0.2) is 18.9 Å². The molecule has 0 saturated carbocycles. The molecule has 1 heterocycles. The molecule has 1 aromatic heterocycles. The second-order valence-corrected chi connectivity index (χ2v) is 6.68. The van der Waals surface area contributed by atoms with Gasteiger partial charge >= 0.3 is 5.69 Å². The molecule has 0 spiro atoms. The van der Waals surface area contributed by atoms with E-state index in [0.29, 0.717) is 17.1 Å². The zero-order valence-electron chi connectivity index (χ0n) is 17.0. The topological polar surface area (TPSA) is 69.1 Å². The van der Waals surface area contributed by atoms with Crippen molar-refractivity contribution in [1.29, 1.82) is 0 Å². The van der Waals surface area contributed by atoms with E-state index in [-0.39, 0.29) is 11.5 Å². The molecule has 0 saturated heterocycles. The van der Waals surface area contributed by atoms with Gasteiger partial charge in [0.05, 0.1) is 25.5 Å². The Hall–Kier alpha value is -4.13. The van der Waals surface area contributed by atoms with E-state index in [2.05, 4.69) is 10.2 Å². The van der Waals surface area contributed by atoms with E-state index in [0.717, 1.165) is 11.1 Å². The first kappa shape index (κ1) is 20.2. The summed E-state index contributed by atoms with van der Waals surface area (Å²) in [5.74, 6) is 0.710. The van der Waals surface area contributed by atoms with Gasteiger partial charge in [0.1, 0.15) is 17.3 Å². The van der Waals surface area contributed by atoms with Crippen molar-refractivity contribution in [3.63, 3.8) is 0 Å². The van der Waals surface area contributed by atoms with Crippen LogP contribution in [0, 0.1) is 5.82 Å². The van der Waals surface area contributed by atoms with Crippen LogP contribution in [0.4, 0.5) is 4.39 Å². The van der Waals surface area contributed by atoms with Crippen LogP contribution in [-0.2, 0) is 0 Å². The number of aromatic nitrogens is 3. The Bertz CT molecular complexity index is 1290. The van der Waals surface area contributed by atoms with Crippen LogP contribution in [0.25, 0.3) is 29.2 Å². The fraction of sp³-hybridized carbons (Fsp3) is 0.0833. The number of hydrogen-bond donors (Lipinski definition) is 1. The molecule has 6 nitrogen and oxygen atoms in total. The Morgan fingerprint density at radius 3 is 2.35 bits per heavy atom. The second-order valence-electron chi connectivity index (χ2n) is 6.68. The fourth-order valence-electron chi connectivity index (χ4n) is 3.31. The van der Waals surface area contributed by atoms with Gasteiger partial charge in [-0.1, -0.05) is 54.6 Å². The van der Waals surface area contributed by atoms with Crippen LogP contribution in [0.3, 0.4) is 0 Å². The van der Waals surface area contributed by atoms with Gasteiger partial charge in [-0.2, -0.15) is 5.10 Å². The molecule has 4 rings (SSSR count). The number of methoxy groups -OCH3 is 2. The minimum absolute atomic E-state index is 0.0931. The predicted octanol–water partition coefficient (Wildman–Crippen LogP) is 4.55. The van der Waals surface area contributed by atoms with E-state index in [1.165, 1.54) is 23.8 Å². The first-order chi connectivity index (χ1) is 15.1. The highest BCUT2D eigenvalue weighted by Gasteiger charge is 2.20. The third-order valence-electron chi connectivity index (χ3n) is 4.81. The van der Waals surface area contributed by atoms with Gasteiger partial charge in [-0.15, -0.1) is 0 Å². The quantitative estimate of drug-likeness (QED) is 0.467. The molecule has 0 amide bonds. The number of H-pyrrole nitrogens is 1. The summed E-state index contributed by atoms with van der Waals surface area (Å²) < 4.78 is 26.7. The number of para-hydroxylation sites is 1. The van der Waals surface area contributed by atoms with Crippen LogP contribution >= 0.6 is 0 Å².